The van der Waals surface area contributed by atoms with E-state index in [-0.39, 0.29) is 5.69 Å². The number of anilines is 2. The van der Waals surface area contributed by atoms with E-state index >= 15 is 0 Å². The Morgan fingerprint density at radius 3 is 2.67 bits per heavy atom. The molecule has 2 heterocycles. The van der Waals surface area contributed by atoms with Crippen molar-refractivity contribution in [1.29, 1.82) is 0 Å². The van der Waals surface area contributed by atoms with E-state index in [0.717, 1.165) is 57.9 Å². The highest BCUT2D eigenvalue weighted by molar-refractivity contribution is 5.58. The van der Waals surface area contributed by atoms with E-state index in [1.807, 2.05) is 12.1 Å². The minimum atomic E-state index is -0.340. The monoisotopic (exact) mass is 372 g/mol. The molecule has 3 rings (SSSR count). The molecule has 1 aliphatic rings. The molecule has 0 aliphatic carbocycles. The maximum absolute atomic E-state index is 11.4. The van der Waals surface area contributed by atoms with Crippen molar-refractivity contribution in [1.82, 2.24) is 19.7 Å². The molecule has 1 saturated heterocycles. The molecule has 0 unspecified atom stereocenters. The summed E-state index contributed by atoms with van der Waals surface area (Å²) in [5.74, 6) is 1.49. The Morgan fingerprint density at radius 2 is 1.93 bits per heavy atom. The van der Waals surface area contributed by atoms with Gasteiger partial charge in [-0.05, 0) is 31.5 Å². The molecule has 1 N–H and O–H groups in total. The molecule has 146 valence electrons. The minimum Gasteiger partial charge on any atom is -0.495 e. The lowest BCUT2D eigenvalue weighted by atomic mass is 10.2. The number of nitrogens with one attached hydrogen (secondary N) is 1. The second kappa shape index (κ2) is 9.36. The summed E-state index contributed by atoms with van der Waals surface area (Å²) in [5.41, 5.74) is 0.840. The Morgan fingerprint density at radius 1 is 1.15 bits per heavy atom. The quantitative estimate of drug-likeness (QED) is 0.698. The second-order valence-corrected chi connectivity index (χ2v) is 6.68. The number of ether oxygens (including phenoxy) is 1. The average molecular weight is 372 g/mol. The van der Waals surface area contributed by atoms with Gasteiger partial charge in [0.1, 0.15) is 5.75 Å². The van der Waals surface area contributed by atoms with Crippen LogP contribution in [-0.4, -0.2) is 66.0 Å². The lowest BCUT2D eigenvalue weighted by molar-refractivity contribution is 0.253. The van der Waals surface area contributed by atoms with Gasteiger partial charge in [0.15, 0.2) is 5.82 Å². The minimum absolute atomic E-state index is 0.340. The van der Waals surface area contributed by atoms with Crippen LogP contribution in [0.2, 0.25) is 0 Å². The fraction of sp³-hybridized carbons (Fsp3) is 0.526. The van der Waals surface area contributed by atoms with Gasteiger partial charge < -0.3 is 15.0 Å². The first-order chi connectivity index (χ1) is 13.2. The first-order valence-electron chi connectivity index (χ1n) is 9.42. The zero-order valence-corrected chi connectivity index (χ0v) is 16.1. The smallest absolute Gasteiger partial charge is 0.365 e. The molecule has 0 bridgehead atoms. The summed E-state index contributed by atoms with van der Waals surface area (Å²) in [6, 6.07) is 8.21. The third-order valence-corrected chi connectivity index (χ3v) is 4.85. The number of aryl methyl sites for hydroxylation is 1. The van der Waals surface area contributed by atoms with E-state index in [4.69, 9.17) is 4.74 Å². The normalized spacial score (nSPS) is 15.0. The van der Waals surface area contributed by atoms with Gasteiger partial charge in [-0.2, -0.15) is 10.1 Å². The van der Waals surface area contributed by atoms with Gasteiger partial charge in [0.2, 0.25) is 0 Å². The van der Waals surface area contributed by atoms with Gasteiger partial charge in [-0.1, -0.05) is 12.1 Å². The molecular formula is C19H28N6O2. The summed E-state index contributed by atoms with van der Waals surface area (Å²) in [4.78, 5) is 20.3. The van der Waals surface area contributed by atoms with Gasteiger partial charge >= 0.3 is 5.69 Å². The van der Waals surface area contributed by atoms with Gasteiger partial charge in [0.25, 0.3) is 0 Å². The second-order valence-electron chi connectivity index (χ2n) is 6.68. The molecule has 1 aromatic heterocycles. The van der Waals surface area contributed by atoms with Crippen LogP contribution in [0.15, 0.2) is 35.3 Å². The topological polar surface area (TPSA) is 75.5 Å². The molecule has 1 aliphatic heterocycles. The number of benzene rings is 1. The number of hydrogen-bond donors (Lipinski definition) is 1. The highest BCUT2D eigenvalue weighted by Gasteiger charge is 2.18. The van der Waals surface area contributed by atoms with Crippen LogP contribution in [0.1, 0.15) is 12.8 Å². The van der Waals surface area contributed by atoms with Crippen LogP contribution >= 0.6 is 0 Å². The Kier molecular flexibility index (Phi) is 6.64. The summed E-state index contributed by atoms with van der Waals surface area (Å²) in [6.07, 6.45) is 3.72. The van der Waals surface area contributed by atoms with Crippen molar-refractivity contribution in [3.63, 3.8) is 0 Å². The molecule has 2 aromatic rings. The zero-order chi connectivity index (χ0) is 19.1. The Labute approximate surface area is 159 Å². The van der Waals surface area contributed by atoms with E-state index in [2.05, 4.69) is 37.3 Å². The zero-order valence-electron chi connectivity index (χ0n) is 16.1. The van der Waals surface area contributed by atoms with Crippen LogP contribution in [-0.2, 0) is 7.05 Å². The van der Waals surface area contributed by atoms with E-state index in [1.165, 1.54) is 10.4 Å². The van der Waals surface area contributed by atoms with Crippen LogP contribution in [0.4, 0.5) is 11.5 Å². The first kappa shape index (κ1) is 19.2. The van der Waals surface area contributed by atoms with Crippen LogP contribution in [0.25, 0.3) is 0 Å². The predicted octanol–water partition coefficient (Wildman–Crippen LogP) is 1.20. The van der Waals surface area contributed by atoms with E-state index in [9.17, 15) is 4.79 Å². The van der Waals surface area contributed by atoms with E-state index in [1.54, 1.807) is 20.4 Å². The molecular weight excluding hydrogens is 344 g/mol. The van der Waals surface area contributed by atoms with Crippen molar-refractivity contribution in [3.8, 4) is 5.75 Å². The summed E-state index contributed by atoms with van der Waals surface area (Å²) < 4.78 is 6.69. The lowest BCUT2D eigenvalue weighted by Crippen LogP contribution is -2.46. The average Bonchev–Trinajstić information content (AvgIpc) is 2.71. The van der Waals surface area contributed by atoms with Crippen molar-refractivity contribution >= 4 is 11.5 Å². The van der Waals surface area contributed by atoms with Crippen molar-refractivity contribution in [2.45, 2.75) is 12.8 Å². The van der Waals surface area contributed by atoms with Crippen molar-refractivity contribution in [3.05, 3.63) is 40.9 Å². The van der Waals surface area contributed by atoms with Crippen molar-refractivity contribution in [2.24, 2.45) is 7.05 Å². The van der Waals surface area contributed by atoms with Gasteiger partial charge in [-0.3, -0.25) is 4.90 Å². The molecule has 0 spiro atoms. The van der Waals surface area contributed by atoms with Crippen LogP contribution in [0, 0.1) is 0 Å². The SMILES string of the molecule is COc1ccccc1N1CCN(CCCCNc2cnn(C)c(=O)n2)CC1. The van der Waals surface area contributed by atoms with E-state index < -0.39 is 0 Å². The number of unbranched alkanes of at least 4 members (excludes halogenated alkanes) is 1. The highest BCUT2D eigenvalue weighted by atomic mass is 16.5. The molecule has 8 heteroatoms. The number of rotatable bonds is 8. The Balaban J connectivity index is 1.35. The van der Waals surface area contributed by atoms with Crippen molar-refractivity contribution < 1.29 is 4.74 Å². The van der Waals surface area contributed by atoms with Crippen LogP contribution < -0.4 is 20.6 Å². The summed E-state index contributed by atoms with van der Waals surface area (Å²) in [5, 5.41) is 7.12. The summed E-state index contributed by atoms with van der Waals surface area (Å²) in [7, 11) is 3.31. The third-order valence-electron chi connectivity index (χ3n) is 4.85. The Bertz CT molecular complexity index is 786. The van der Waals surface area contributed by atoms with Crippen LogP contribution in [0.5, 0.6) is 5.75 Å². The summed E-state index contributed by atoms with van der Waals surface area (Å²) >= 11 is 0. The van der Waals surface area contributed by atoms with Crippen LogP contribution in [0.3, 0.4) is 0 Å². The molecule has 27 heavy (non-hydrogen) atoms. The molecule has 0 saturated carbocycles. The molecule has 1 aromatic carbocycles. The molecule has 1 fully saturated rings. The molecule has 0 amide bonds. The molecule has 0 radical (unpaired) electrons. The first-order valence-corrected chi connectivity index (χ1v) is 9.42. The fourth-order valence-corrected chi connectivity index (χ4v) is 3.26. The largest absolute Gasteiger partial charge is 0.495 e. The predicted molar refractivity (Wildman–Crippen MR) is 107 cm³/mol. The maximum atomic E-state index is 11.4. The number of nitrogens with zero attached hydrogens (tertiary/aromatic N) is 5. The maximum Gasteiger partial charge on any atom is 0.365 e. The third kappa shape index (κ3) is 5.19. The summed E-state index contributed by atoms with van der Waals surface area (Å²) in [6.45, 7) is 6.03. The number of hydrogen-bond acceptors (Lipinski definition) is 7. The Hall–Kier alpha value is -2.61. The number of para-hydroxylation sites is 2. The van der Waals surface area contributed by atoms with Gasteiger partial charge in [0, 0.05) is 39.8 Å². The number of piperazine rings is 1. The van der Waals surface area contributed by atoms with E-state index in [0.29, 0.717) is 5.82 Å². The van der Waals surface area contributed by atoms with Gasteiger partial charge in [-0.15, -0.1) is 0 Å². The fourth-order valence-electron chi connectivity index (χ4n) is 3.26. The van der Waals surface area contributed by atoms with Gasteiger partial charge in [-0.25, -0.2) is 9.48 Å². The number of methoxy groups -OCH3 is 1. The standard InChI is InChI=1S/C19H28N6O2/c1-23-19(26)22-18(15-21-23)20-9-5-6-10-24-11-13-25(14-12-24)16-7-3-4-8-17(16)27-2/h3-4,7-8,15H,5-6,9-14H2,1-2H3,(H,20,22,26). The number of aromatic nitrogens is 3. The lowest BCUT2D eigenvalue weighted by Gasteiger charge is -2.36. The van der Waals surface area contributed by atoms with Crippen molar-refractivity contribution in [2.75, 3.05) is 56.6 Å². The highest BCUT2D eigenvalue weighted by Crippen LogP contribution is 2.28. The molecule has 8 nitrogen and oxygen atoms in total. The van der Waals surface area contributed by atoms with Gasteiger partial charge in [0.05, 0.1) is 19.0 Å². The molecule has 0 atom stereocenters.